The number of benzene rings is 3. The van der Waals surface area contributed by atoms with E-state index in [0.717, 1.165) is 23.8 Å². The lowest BCUT2D eigenvalue weighted by molar-refractivity contribution is 0.262. The highest BCUT2D eigenvalue weighted by Gasteiger charge is 2.12. The summed E-state index contributed by atoms with van der Waals surface area (Å²) in [6.45, 7) is 0. The molecule has 0 aliphatic rings. The van der Waals surface area contributed by atoms with Gasteiger partial charge in [0, 0.05) is 33.8 Å². The summed E-state index contributed by atoms with van der Waals surface area (Å²) in [6.07, 6.45) is 0. The van der Waals surface area contributed by atoms with Gasteiger partial charge < -0.3 is 15.4 Å². The molecule has 0 atom stereocenters. The van der Waals surface area contributed by atoms with Gasteiger partial charge in [-0.15, -0.1) is 0 Å². The summed E-state index contributed by atoms with van der Waals surface area (Å²) in [6, 6.07) is 16.3. The number of hydrogen-bond acceptors (Lipinski definition) is 3. The van der Waals surface area contributed by atoms with Crippen LogP contribution in [0.3, 0.4) is 0 Å². The van der Waals surface area contributed by atoms with Crippen LogP contribution >= 0.6 is 11.6 Å². The second-order valence-electron chi connectivity index (χ2n) is 6.65. The van der Waals surface area contributed by atoms with Crippen LogP contribution in [-0.2, 0) is 0 Å². The van der Waals surface area contributed by atoms with Crippen molar-refractivity contribution in [1.82, 2.24) is 4.98 Å². The van der Waals surface area contributed by atoms with Gasteiger partial charge in [0.15, 0.2) is 0 Å². The predicted molar refractivity (Wildman–Crippen MR) is 118 cm³/mol. The SMILES string of the molecule is COc1cc(-c2ccc(Cl)cc2)nc2ccc(NC(=O)Nc3cc(F)ccc3F)cc12. The first kappa shape index (κ1) is 20.6. The average Bonchev–Trinajstić information content (AvgIpc) is 2.76. The second-order valence-corrected chi connectivity index (χ2v) is 7.09. The predicted octanol–water partition coefficient (Wildman–Crippen LogP) is 6.49. The average molecular weight is 440 g/mol. The van der Waals surface area contributed by atoms with Crippen molar-refractivity contribution in [3.63, 3.8) is 0 Å². The summed E-state index contributed by atoms with van der Waals surface area (Å²) >= 11 is 5.96. The Morgan fingerprint density at radius 2 is 1.74 bits per heavy atom. The summed E-state index contributed by atoms with van der Waals surface area (Å²) in [5.41, 5.74) is 2.42. The molecule has 0 spiro atoms. The first-order valence-electron chi connectivity index (χ1n) is 9.21. The smallest absolute Gasteiger partial charge is 0.323 e. The van der Waals surface area contributed by atoms with Gasteiger partial charge in [0.2, 0.25) is 0 Å². The number of urea groups is 1. The fourth-order valence-electron chi connectivity index (χ4n) is 3.09. The molecule has 0 unspecified atom stereocenters. The molecule has 8 heteroatoms. The molecule has 2 N–H and O–H groups in total. The number of amides is 2. The zero-order chi connectivity index (χ0) is 22.0. The minimum Gasteiger partial charge on any atom is -0.496 e. The number of halogens is 3. The van der Waals surface area contributed by atoms with Crippen LogP contribution in [0.2, 0.25) is 5.02 Å². The zero-order valence-corrected chi connectivity index (χ0v) is 17.0. The van der Waals surface area contributed by atoms with Crippen molar-refractivity contribution in [3.8, 4) is 17.0 Å². The van der Waals surface area contributed by atoms with E-state index in [4.69, 9.17) is 16.3 Å². The van der Waals surface area contributed by atoms with Crippen molar-refractivity contribution in [2.75, 3.05) is 17.7 Å². The number of pyridine rings is 1. The lowest BCUT2D eigenvalue weighted by atomic mass is 10.1. The van der Waals surface area contributed by atoms with E-state index in [1.54, 1.807) is 43.5 Å². The molecule has 31 heavy (non-hydrogen) atoms. The van der Waals surface area contributed by atoms with Gasteiger partial charge in [-0.25, -0.2) is 18.6 Å². The molecule has 0 saturated heterocycles. The van der Waals surface area contributed by atoms with E-state index < -0.39 is 17.7 Å². The second kappa shape index (κ2) is 8.57. The molecule has 1 heterocycles. The van der Waals surface area contributed by atoms with Crippen LogP contribution in [0.5, 0.6) is 5.75 Å². The number of methoxy groups -OCH3 is 1. The Labute approximate surface area is 181 Å². The van der Waals surface area contributed by atoms with Gasteiger partial charge >= 0.3 is 6.03 Å². The Balaban J connectivity index is 1.61. The number of fused-ring (bicyclic) bond motifs is 1. The van der Waals surface area contributed by atoms with E-state index in [2.05, 4.69) is 15.6 Å². The third-order valence-corrected chi connectivity index (χ3v) is 4.82. The summed E-state index contributed by atoms with van der Waals surface area (Å²) in [7, 11) is 1.54. The van der Waals surface area contributed by atoms with E-state index in [-0.39, 0.29) is 5.69 Å². The zero-order valence-electron chi connectivity index (χ0n) is 16.2. The van der Waals surface area contributed by atoms with Gasteiger partial charge in [0.25, 0.3) is 0 Å². The van der Waals surface area contributed by atoms with Gasteiger partial charge in [0.05, 0.1) is 24.0 Å². The lowest BCUT2D eigenvalue weighted by Crippen LogP contribution is -2.20. The molecule has 5 nitrogen and oxygen atoms in total. The standard InChI is InChI=1S/C23H16ClF2N3O2/c1-31-22-12-20(13-2-4-14(24)5-3-13)28-19-9-7-16(11-17(19)22)27-23(30)29-21-10-15(25)6-8-18(21)26/h2-12H,1H3,(H2,27,29,30). The van der Waals surface area contributed by atoms with Crippen LogP contribution in [0.1, 0.15) is 0 Å². The molecule has 2 amide bonds. The van der Waals surface area contributed by atoms with Crippen molar-refractivity contribution >= 4 is 39.9 Å². The van der Waals surface area contributed by atoms with Crippen molar-refractivity contribution in [3.05, 3.63) is 83.4 Å². The van der Waals surface area contributed by atoms with E-state index >= 15 is 0 Å². The Bertz CT molecular complexity index is 1280. The van der Waals surface area contributed by atoms with Gasteiger partial charge in [-0.2, -0.15) is 0 Å². The minimum absolute atomic E-state index is 0.259. The number of nitrogens with zero attached hydrogens (tertiary/aromatic N) is 1. The van der Waals surface area contributed by atoms with Crippen molar-refractivity contribution in [1.29, 1.82) is 0 Å². The first-order valence-corrected chi connectivity index (χ1v) is 9.58. The fraction of sp³-hybridized carbons (Fsp3) is 0.0435. The Kier molecular flexibility index (Phi) is 5.68. The number of carbonyl (C=O) groups is 1. The Hall–Kier alpha value is -3.71. The van der Waals surface area contributed by atoms with Gasteiger partial charge in [-0.3, -0.25) is 0 Å². The molecule has 0 bridgehead atoms. The molecule has 4 rings (SSSR count). The molecule has 0 aliphatic heterocycles. The van der Waals surface area contributed by atoms with Gasteiger partial charge in [-0.1, -0.05) is 23.7 Å². The number of carbonyl (C=O) groups excluding carboxylic acids is 1. The molecule has 0 fully saturated rings. The van der Waals surface area contributed by atoms with Crippen LogP contribution < -0.4 is 15.4 Å². The quantitative estimate of drug-likeness (QED) is 0.382. The molecule has 4 aromatic rings. The van der Waals surface area contributed by atoms with Crippen molar-refractivity contribution < 1.29 is 18.3 Å². The largest absolute Gasteiger partial charge is 0.496 e. The normalized spacial score (nSPS) is 10.7. The van der Waals surface area contributed by atoms with Crippen LogP contribution in [0, 0.1) is 11.6 Å². The third kappa shape index (κ3) is 4.57. The number of ether oxygens (including phenoxy) is 1. The Morgan fingerprint density at radius 1 is 0.968 bits per heavy atom. The summed E-state index contributed by atoms with van der Waals surface area (Å²) in [5.74, 6) is -0.833. The van der Waals surface area contributed by atoms with Crippen LogP contribution in [0.25, 0.3) is 22.2 Å². The molecular formula is C23H16ClF2N3O2. The Morgan fingerprint density at radius 3 is 2.48 bits per heavy atom. The maximum atomic E-state index is 13.7. The lowest BCUT2D eigenvalue weighted by Gasteiger charge is -2.12. The topological polar surface area (TPSA) is 63.2 Å². The molecular weight excluding hydrogens is 424 g/mol. The fourth-order valence-corrected chi connectivity index (χ4v) is 3.21. The van der Waals surface area contributed by atoms with E-state index in [1.165, 1.54) is 0 Å². The number of nitrogens with one attached hydrogen (secondary N) is 2. The molecule has 0 aliphatic carbocycles. The highest BCUT2D eigenvalue weighted by atomic mass is 35.5. The maximum absolute atomic E-state index is 13.7. The van der Waals surface area contributed by atoms with E-state index in [1.807, 2.05) is 12.1 Å². The molecule has 0 radical (unpaired) electrons. The highest BCUT2D eigenvalue weighted by Crippen LogP contribution is 2.32. The van der Waals surface area contributed by atoms with Gasteiger partial charge in [-0.05, 0) is 42.5 Å². The van der Waals surface area contributed by atoms with E-state index in [0.29, 0.717) is 33.1 Å². The first-order chi connectivity index (χ1) is 14.9. The number of aromatic nitrogens is 1. The summed E-state index contributed by atoms with van der Waals surface area (Å²) in [4.78, 5) is 16.9. The molecule has 3 aromatic carbocycles. The van der Waals surface area contributed by atoms with Crippen LogP contribution in [-0.4, -0.2) is 18.1 Å². The maximum Gasteiger partial charge on any atom is 0.323 e. The molecule has 0 saturated carbocycles. The van der Waals surface area contributed by atoms with E-state index in [9.17, 15) is 13.6 Å². The van der Waals surface area contributed by atoms with Crippen LogP contribution in [0.4, 0.5) is 25.0 Å². The summed E-state index contributed by atoms with van der Waals surface area (Å²) < 4.78 is 32.5. The monoisotopic (exact) mass is 439 g/mol. The number of hydrogen-bond donors (Lipinski definition) is 2. The number of rotatable bonds is 4. The third-order valence-electron chi connectivity index (χ3n) is 4.57. The highest BCUT2D eigenvalue weighted by molar-refractivity contribution is 6.30. The van der Waals surface area contributed by atoms with Crippen molar-refractivity contribution in [2.45, 2.75) is 0 Å². The van der Waals surface area contributed by atoms with Gasteiger partial charge in [0.1, 0.15) is 17.4 Å². The summed E-state index contributed by atoms with van der Waals surface area (Å²) in [5, 5.41) is 6.19. The van der Waals surface area contributed by atoms with Crippen LogP contribution in [0.15, 0.2) is 66.7 Å². The minimum atomic E-state index is -0.740. The molecule has 156 valence electrons. The molecule has 1 aromatic heterocycles. The number of anilines is 2. The van der Waals surface area contributed by atoms with Crippen molar-refractivity contribution in [2.24, 2.45) is 0 Å².